The number of nitro benzene ring substituents is 1. The van der Waals surface area contributed by atoms with Crippen molar-refractivity contribution in [3.63, 3.8) is 0 Å². The second kappa shape index (κ2) is 5.88. The number of hydrogen-bond acceptors (Lipinski definition) is 3. The largest absolute Gasteiger partial charge is 0.289 e. The molecule has 0 aliphatic heterocycles. The first kappa shape index (κ1) is 13.6. The predicted molar refractivity (Wildman–Crippen MR) is 74.1 cm³/mol. The van der Waals surface area contributed by atoms with Gasteiger partial charge in [0, 0.05) is 18.2 Å². The summed E-state index contributed by atoms with van der Waals surface area (Å²) in [6, 6.07) is 9.65. The molecule has 5 nitrogen and oxygen atoms in total. The fraction of sp³-hybridized carbons (Fsp3) is 0.0667. The number of carbonyl (C=O) groups excluding carboxylic acids is 1. The summed E-state index contributed by atoms with van der Waals surface area (Å²) in [5.41, 5.74) is 1.19. The minimum absolute atomic E-state index is 0.00529. The zero-order valence-corrected chi connectivity index (χ0v) is 10.9. The Hall–Kier alpha value is -2.82. The fourth-order valence-corrected chi connectivity index (χ4v) is 1.74. The summed E-state index contributed by atoms with van der Waals surface area (Å²) in [5.74, 6) is -0.146. The number of allylic oxidation sites excluding steroid dienone is 1. The lowest BCUT2D eigenvalue weighted by atomic mass is 10.1. The van der Waals surface area contributed by atoms with Crippen LogP contribution in [0.15, 0.2) is 54.9 Å². The first-order chi connectivity index (χ1) is 9.56. The van der Waals surface area contributed by atoms with E-state index in [2.05, 4.69) is 0 Å². The van der Waals surface area contributed by atoms with E-state index >= 15 is 0 Å². The van der Waals surface area contributed by atoms with Gasteiger partial charge in [-0.15, -0.1) is 0 Å². The van der Waals surface area contributed by atoms with Crippen LogP contribution in [0, 0.1) is 10.1 Å². The highest BCUT2D eigenvalue weighted by Crippen LogP contribution is 2.14. The number of rotatable bonds is 4. The normalized spacial score (nSPS) is 10.7. The summed E-state index contributed by atoms with van der Waals surface area (Å²) in [6.45, 7) is 0. The summed E-state index contributed by atoms with van der Waals surface area (Å²) in [5, 5.41) is 10.7. The summed E-state index contributed by atoms with van der Waals surface area (Å²) in [4.78, 5) is 22.2. The molecule has 20 heavy (non-hydrogen) atoms. The average molecular weight is 269 g/mol. The lowest BCUT2D eigenvalue weighted by Gasteiger charge is -1.95. The molecular weight excluding hydrogens is 256 g/mol. The monoisotopic (exact) mass is 269 g/mol. The van der Waals surface area contributed by atoms with Crippen LogP contribution in [-0.4, -0.2) is 10.7 Å². The van der Waals surface area contributed by atoms with E-state index in [0.717, 1.165) is 0 Å². The van der Waals surface area contributed by atoms with Crippen molar-refractivity contribution in [1.82, 2.24) is 0 Å². The molecule has 0 amide bonds. The number of carbonyl (C=O) groups is 1. The number of ketones is 1. The predicted octanol–water partition coefficient (Wildman–Crippen LogP) is 2.32. The molecule has 0 aliphatic carbocycles. The minimum atomic E-state index is -0.462. The van der Waals surface area contributed by atoms with Gasteiger partial charge in [0.05, 0.1) is 10.5 Å². The van der Waals surface area contributed by atoms with Gasteiger partial charge in [-0.3, -0.25) is 14.9 Å². The van der Waals surface area contributed by atoms with Gasteiger partial charge in [0.25, 0.3) is 5.69 Å². The number of non-ortho nitro benzene ring substituents is 1. The molecule has 1 heterocycles. The van der Waals surface area contributed by atoms with Crippen molar-refractivity contribution < 1.29 is 14.3 Å². The van der Waals surface area contributed by atoms with E-state index in [4.69, 9.17) is 0 Å². The van der Waals surface area contributed by atoms with E-state index in [1.165, 1.54) is 18.2 Å². The zero-order chi connectivity index (χ0) is 14.5. The first-order valence-electron chi connectivity index (χ1n) is 5.98. The summed E-state index contributed by atoms with van der Waals surface area (Å²) < 4.78 is 1.79. The average Bonchev–Trinajstić information content (AvgIpc) is 2.45. The molecule has 1 aromatic heterocycles. The molecule has 0 bridgehead atoms. The Morgan fingerprint density at radius 2 is 2.10 bits per heavy atom. The summed E-state index contributed by atoms with van der Waals surface area (Å²) in [6.07, 6.45) is 6.54. The Morgan fingerprint density at radius 3 is 2.80 bits per heavy atom. The number of benzene rings is 1. The third kappa shape index (κ3) is 3.35. The van der Waals surface area contributed by atoms with Crippen molar-refractivity contribution in [2.45, 2.75) is 0 Å². The van der Waals surface area contributed by atoms with Gasteiger partial charge < -0.3 is 0 Å². The van der Waals surface area contributed by atoms with Gasteiger partial charge in [0.1, 0.15) is 7.05 Å². The maximum atomic E-state index is 12.0. The fourth-order valence-electron chi connectivity index (χ4n) is 1.74. The number of aromatic nitrogens is 1. The third-order valence-corrected chi connectivity index (χ3v) is 2.73. The molecule has 100 valence electrons. The van der Waals surface area contributed by atoms with Crippen molar-refractivity contribution in [3.8, 4) is 0 Å². The molecule has 0 fully saturated rings. The van der Waals surface area contributed by atoms with Crippen LogP contribution < -0.4 is 4.57 Å². The van der Waals surface area contributed by atoms with E-state index in [-0.39, 0.29) is 11.5 Å². The molecule has 0 aliphatic rings. The molecule has 5 heteroatoms. The second-order valence-electron chi connectivity index (χ2n) is 4.31. The van der Waals surface area contributed by atoms with Crippen LogP contribution in [0.4, 0.5) is 5.69 Å². The number of hydrogen-bond donors (Lipinski definition) is 0. The number of pyridine rings is 1. The molecule has 0 saturated heterocycles. The van der Waals surface area contributed by atoms with Crippen LogP contribution in [0.3, 0.4) is 0 Å². The minimum Gasteiger partial charge on any atom is -0.289 e. The molecule has 2 aromatic rings. The van der Waals surface area contributed by atoms with Crippen molar-refractivity contribution in [2.75, 3.05) is 0 Å². The standard InChI is InChI=1S/C15H13N2O3/c1-16-9-3-5-13(11-16)15(18)8-7-12-4-2-6-14(10-12)17(19)20/h2-11H,1H3/q+1/b8-7+. The van der Waals surface area contributed by atoms with E-state index in [1.807, 2.05) is 13.2 Å². The lowest BCUT2D eigenvalue weighted by molar-refractivity contribution is -0.671. The van der Waals surface area contributed by atoms with E-state index in [1.54, 1.807) is 41.1 Å². The van der Waals surface area contributed by atoms with Crippen LogP contribution >= 0.6 is 0 Å². The molecule has 0 N–H and O–H groups in total. The summed E-state index contributed by atoms with van der Waals surface area (Å²) in [7, 11) is 1.83. The van der Waals surface area contributed by atoms with Crippen LogP contribution in [-0.2, 0) is 7.05 Å². The zero-order valence-electron chi connectivity index (χ0n) is 10.9. The lowest BCUT2D eigenvalue weighted by Crippen LogP contribution is -2.27. The quantitative estimate of drug-likeness (QED) is 0.281. The maximum absolute atomic E-state index is 12.0. The van der Waals surface area contributed by atoms with Gasteiger partial charge in [0.2, 0.25) is 0 Å². The molecule has 0 saturated carbocycles. The molecule has 1 aromatic carbocycles. The molecular formula is C15H13N2O3+. The highest BCUT2D eigenvalue weighted by molar-refractivity contribution is 6.06. The first-order valence-corrected chi connectivity index (χ1v) is 5.98. The van der Waals surface area contributed by atoms with Gasteiger partial charge in [-0.05, 0) is 17.7 Å². The van der Waals surface area contributed by atoms with Gasteiger partial charge >= 0.3 is 0 Å². The van der Waals surface area contributed by atoms with Gasteiger partial charge in [-0.2, -0.15) is 0 Å². The van der Waals surface area contributed by atoms with Gasteiger partial charge in [-0.25, -0.2) is 4.57 Å². The van der Waals surface area contributed by atoms with Crippen molar-refractivity contribution in [3.05, 3.63) is 76.1 Å². The topological polar surface area (TPSA) is 64.1 Å². The van der Waals surface area contributed by atoms with E-state index in [9.17, 15) is 14.9 Å². The SMILES string of the molecule is C[n+]1cccc(C(=O)/C=C/c2cccc([N+](=O)[O-])c2)c1. The second-order valence-corrected chi connectivity index (χ2v) is 4.31. The van der Waals surface area contributed by atoms with Gasteiger partial charge in [-0.1, -0.05) is 18.2 Å². The van der Waals surface area contributed by atoms with Crippen molar-refractivity contribution in [2.24, 2.45) is 7.05 Å². The Balaban J connectivity index is 2.19. The molecule has 0 atom stereocenters. The van der Waals surface area contributed by atoms with E-state index in [0.29, 0.717) is 11.1 Å². The van der Waals surface area contributed by atoms with Crippen LogP contribution in [0.5, 0.6) is 0 Å². The van der Waals surface area contributed by atoms with Crippen molar-refractivity contribution in [1.29, 1.82) is 0 Å². The Morgan fingerprint density at radius 1 is 1.30 bits per heavy atom. The Kier molecular flexibility index (Phi) is 4.00. The maximum Gasteiger partial charge on any atom is 0.270 e. The van der Waals surface area contributed by atoms with Gasteiger partial charge in [0.15, 0.2) is 18.2 Å². The molecule has 2 rings (SSSR count). The van der Waals surface area contributed by atoms with E-state index < -0.39 is 4.92 Å². The molecule has 0 unspecified atom stereocenters. The van der Waals surface area contributed by atoms with Crippen LogP contribution in [0.2, 0.25) is 0 Å². The summed E-state index contributed by atoms with van der Waals surface area (Å²) >= 11 is 0. The van der Waals surface area contributed by atoms with Crippen molar-refractivity contribution >= 4 is 17.5 Å². The Bertz CT molecular complexity index is 693. The Labute approximate surface area is 116 Å². The van der Waals surface area contributed by atoms with Crippen LogP contribution in [0.1, 0.15) is 15.9 Å². The number of nitrogens with zero attached hydrogens (tertiary/aromatic N) is 2. The third-order valence-electron chi connectivity index (χ3n) is 2.73. The molecule has 0 spiro atoms. The highest BCUT2D eigenvalue weighted by atomic mass is 16.6. The smallest absolute Gasteiger partial charge is 0.270 e. The number of nitro groups is 1. The highest BCUT2D eigenvalue weighted by Gasteiger charge is 2.07. The number of aryl methyl sites for hydroxylation is 1. The molecule has 0 radical (unpaired) electrons. The van der Waals surface area contributed by atoms with Crippen LogP contribution in [0.25, 0.3) is 6.08 Å².